The van der Waals surface area contributed by atoms with Gasteiger partial charge in [-0.25, -0.2) is 0 Å². The number of amides is 1. The fourth-order valence-electron chi connectivity index (χ4n) is 4.59. The molecule has 0 aliphatic carbocycles. The smallest absolute Gasteiger partial charge is 0.425 e. The van der Waals surface area contributed by atoms with Crippen molar-refractivity contribution in [3.05, 3.63) is 60.4 Å². The number of rotatable bonds is 6. The van der Waals surface area contributed by atoms with Crippen molar-refractivity contribution in [2.75, 3.05) is 41.7 Å². The topological polar surface area (TPSA) is 126 Å². The van der Waals surface area contributed by atoms with Crippen molar-refractivity contribution in [3.63, 3.8) is 0 Å². The molecule has 1 unspecified atom stereocenters. The van der Waals surface area contributed by atoms with Crippen molar-refractivity contribution < 1.29 is 22.7 Å². The maximum atomic E-state index is 13.3. The highest BCUT2D eigenvalue weighted by Gasteiger charge is 2.38. The Kier molecular flexibility index (Phi) is 6.47. The van der Waals surface area contributed by atoms with Gasteiger partial charge in [-0.15, -0.1) is 0 Å². The molecule has 0 radical (unpaired) electrons. The van der Waals surface area contributed by atoms with Gasteiger partial charge in [0, 0.05) is 32.4 Å². The lowest BCUT2D eigenvalue weighted by Crippen LogP contribution is -2.47. The summed E-state index contributed by atoms with van der Waals surface area (Å²) in [7, 11) is 0. The number of halogens is 3. The van der Waals surface area contributed by atoms with E-state index in [1.54, 1.807) is 24.4 Å². The van der Waals surface area contributed by atoms with E-state index in [1.807, 2.05) is 24.4 Å². The van der Waals surface area contributed by atoms with Gasteiger partial charge in [0.15, 0.2) is 11.9 Å². The first kappa shape index (κ1) is 25.2. The number of H-pyrrole nitrogens is 1. The number of piperazine rings is 1. The van der Waals surface area contributed by atoms with Crippen molar-refractivity contribution in [1.82, 2.24) is 15.2 Å². The van der Waals surface area contributed by atoms with E-state index in [-0.39, 0.29) is 17.0 Å². The number of carbonyl (C=O) groups excluding carboxylic acids is 1. The number of fused-ring (bicyclic) bond motifs is 1. The van der Waals surface area contributed by atoms with Crippen LogP contribution in [0.3, 0.4) is 0 Å². The molecule has 0 bridgehead atoms. The summed E-state index contributed by atoms with van der Waals surface area (Å²) in [6, 6.07) is 12.3. The molecule has 0 spiro atoms. The second kappa shape index (κ2) is 9.77. The summed E-state index contributed by atoms with van der Waals surface area (Å²) in [5, 5.41) is 6.95. The third-order valence-electron chi connectivity index (χ3n) is 6.65. The van der Waals surface area contributed by atoms with Gasteiger partial charge in [-0.3, -0.25) is 14.9 Å². The number of anilines is 3. The average Bonchev–Trinajstić information content (AvgIpc) is 3.29. The highest BCUT2D eigenvalue weighted by atomic mass is 19.4. The molecule has 9 nitrogen and oxygen atoms in total. The van der Waals surface area contributed by atoms with Gasteiger partial charge < -0.3 is 26.0 Å². The molecule has 1 saturated heterocycles. The van der Waals surface area contributed by atoms with E-state index in [0.717, 1.165) is 12.6 Å². The zero-order valence-corrected chi connectivity index (χ0v) is 20.5. The molecule has 1 amide bonds. The van der Waals surface area contributed by atoms with Crippen LogP contribution >= 0.6 is 0 Å². The number of nitrogen functional groups attached to an aromatic ring is 1. The number of nitrogens with two attached hydrogens (primary N) is 2. The van der Waals surface area contributed by atoms with Crippen molar-refractivity contribution in [1.29, 1.82) is 0 Å². The molecule has 2 aromatic carbocycles. The number of nitrogens with zero attached hydrogens (tertiary/aromatic N) is 4. The average molecular weight is 526 g/mol. The van der Waals surface area contributed by atoms with E-state index >= 15 is 0 Å². The van der Waals surface area contributed by atoms with E-state index < -0.39 is 18.2 Å². The maximum Gasteiger partial charge on any atom is 0.425 e. The van der Waals surface area contributed by atoms with Crippen LogP contribution in [0.5, 0.6) is 5.75 Å². The number of aromatic amines is 1. The molecule has 38 heavy (non-hydrogen) atoms. The van der Waals surface area contributed by atoms with Crippen molar-refractivity contribution >= 4 is 34.0 Å². The van der Waals surface area contributed by atoms with Gasteiger partial charge in [-0.1, -0.05) is 6.07 Å². The van der Waals surface area contributed by atoms with Gasteiger partial charge in [0.05, 0.1) is 34.0 Å². The molecule has 12 heteroatoms. The number of hydrogen-bond donors (Lipinski definition) is 3. The Labute approximate surface area is 216 Å². The highest BCUT2D eigenvalue weighted by Crippen LogP contribution is 2.38. The number of carbonyl (C=O) groups is 1. The van der Waals surface area contributed by atoms with Crippen molar-refractivity contribution in [2.45, 2.75) is 19.2 Å². The van der Waals surface area contributed by atoms with Crippen molar-refractivity contribution in [3.8, 4) is 16.9 Å². The summed E-state index contributed by atoms with van der Waals surface area (Å²) >= 11 is 0. The first-order chi connectivity index (χ1) is 18.1. The summed E-state index contributed by atoms with van der Waals surface area (Å²) in [6.45, 7) is 3.61. The molecule has 198 valence electrons. The minimum atomic E-state index is -4.56. The number of benzene rings is 2. The number of alkyl halides is 3. The van der Waals surface area contributed by atoms with E-state index in [4.69, 9.17) is 16.2 Å². The largest absolute Gasteiger partial charge is 0.480 e. The third kappa shape index (κ3) is 4.89. The number of primary amides is 1. The van der Waals surface area contributed by atoms with Crippen molar-refractivity contribution in [2.24, 2.45) is 5.73 Å². The zero-order chi connectivity index (χ0) is 27.0. The van der Waals surface area contributed by atoms with E-state index in [2.05, 4.69) is 25.0 Å². The molecular weight excluding hydrogens is 499 g/mol. The molecule has 1 fully saturated rings. The molecule has 4 aromatic rings. The Morgan fingerprint density at radius 2 is 1.82 bits per heavy atom. The first-order valence-electron chi connectivity index (χ1n) is 12.0. The van der Waals surface area contributed by atoms with Gasteiger partial charge in [0.2, 0.25) is 0 Å². The highest BCUT2D eigenvalue weighted by molar-refractivity contribution is 6.01. The number of ether oxygens (including phenoxy) is 1. The van der Waals surface area contributed by atoms with Crippen LogP contribution < -0.4 is 26.0 Å². The Bertz CT molecular complexity index is 1470. The van der Waals surface area contributed by atoms with Gasteiger partial charge in [0.25, 0.3) is 5.91 Å². The fraction of sp³-hybridized carbons (Fsp3) is 0.269. The van der Waals surface area contributed by atoms with E-state index in [0.29, 0.717) is 54.1 Å². The Hall–Kier alpha value is -4.48. The fourth-order valence-corrected chi connectivity index (χ4v) is 4.59. The maximum absolute atomic E-state index is 13.3. The lowest BCUT2D eigenvalue weighted by molar-refractivity contribution is -0.188. The van der Waals surface area contributed by atoms with Crippen LogP contribution in [0.2, 0.25) is 0 Å². The molecule has 1 atom stereocenters. The Balaban J connectivity index is 1.50. The Morgan fingerprint density at radius 3 is 2.47 bits per heavy atom. The summed E-state index contributed by atoms with van der Waals surface area (Å²) in [4.78, 5) is 20.7. The predicted octanol–water partition coefficient (Wildman–Crippen LogP) is 3.96. The zero-order valence-electron chi connectivity index (χ0n) is 20.5. The lowest BCUT2D eigenvalue weighted by atomic mass is 9.99. The molecule has 2 aromatic heterocycles. The Morgan fingerprint density at radius 1 is 1.08 bits per heavy atom. The van der Waals surface area contributed by atoms with E-state index in [1.165, 1.54) is 6.07 Å². The van der Waals surface area contributed by atoms with Gasteiger partial charge in [-0.2, -0.15) is 18.3 Å². The van der Waals surface area contributed by atoms with Crippen LogP contribution in [0.1, 0.15) is 17.3 Å². The summed E-state index contributed by atoms with van der Waals surface area (Å²) in [6.07, 6.45) is -3.09. The minimum absolute atomic E-state index is 0.0344. The first-order valence-corrected chi connectivity index (χ1v) is 12.0. The molecule has 1 aliphatic rings. The molecule has 5 N–H and O–H groups in total. The molecule has 0 saturated carbocycles. The SMILES string of the molecule is CC(Oc1cc(-c2ccc(C(N)=O)c(N3CCN(c4cccnc4)CC3)c2)cc2[nH]nc(N)c12)C(F)(F)F. The third-order valence-corrected chi connectivity index (χ3v) is 6.65. The summed E-state index contributed by atoms with van der Waals surface area (Å²) < 4.78 is 45.1. The second-order valence-electron chi connectivity index (χ2n) is 9.09. The molecule has 1 aliphatic heterocycles. The summed E-state index contributed by atoms with van der Waals surface area (Å²) in [5.41, 5.74) is 15.3. The normalized spacial score (nSPS) is 15.1. The van der Waals surface area contributed by atoms with Gasteiger partial charge >= 0.3 is 6.18 Å². The summed E-state index contributed by atoms with van der Waals surface area (Å²) in [5.74, 6) is -0.576. The van der Waals surface area contributed by atoms with Crippen LogP contribution in [0.25, 0.3) is 22.0 Å². The molecule has 5 rings (SSSR count). The van der Waals surface area contributed by atoms with Crippen LogP contribution in [-0.2, 0) is 0 Å². The lowest BCUT2D eigenvalue weighted by Gasteiger charge is -2.38. The van der Waals surface area contributed by atoms with E-state index in [9.17, 15) is 18.0 Å². The van der Waals surface area contributed by atoms with Crippen LogP contribution in [0.4, 0.5) is 30.4 Å². The minimum Gasteiger partial charge on any atom is -0.480 e. The van der Waals surface area contributed by atoms with Gasteiger partial charge in [-0.05, 0) is 54.4 Å². The van der Waals surface area contributed by atoms with Crippen LogP contribution in [-0.4, -0.2) is 59.5 Å². The number of hydrogen-bond acceptors (Lipinski definition) is 7. The van der Waals surface area contributed by atoms with Gasteiger partial charge in [0.1, 0.15) is 5.75 Å². The predicted molar refractivity (Wildman–Crippen MR) is 139 cm³/mol. The second-order valence-corrected chi connectivity index (χ2v) is 9.09. The number of pyridine rings is 1. The van der Waals surface area contributed by atoms with Crippen LogP contribution in [0, 0.1) is 0 Å². The van der Waals surface area contributed by atoms with Crippen LogP contribution in [0.15, 0.2) is 54.9 Å². The quantitative estimate of drug-likeness (QED) is 0.348. The monoisotopic (exact) mass is 525 g/mol. The standard InChI is InChI=1S/C26H26F3N7O2/c1-15(26(27,28)29)38-22-13-17(11-20-23(22)24(30)34-33-20)16-4-5-19(25(31)37)21(12-16)36-9-7-35(8-10-36)18-3-2-6-32-14-18/h2-6,11-15H,7-10H2,1H3,(H2,31,37)(H3,30,33,34). The number of aromatic nitrogens is 3. The molecular formula is C26H26F3N7O2. The molecule has 3 heterocycles. The number of nitrogens with one attached hydrogen (secondary N) is 1.